The average molecular weight is 390 g/mol. The predicted molar refractivity (Wildman–Crippen MR) is 117 cm³/mol. The Balaban J connectivity index is 2.47. The second-order valence-electron chi connectivity index (χ2n) is 7.88. The van der Waals surface area contributed by atoms with Gasteiger partial charge in [0.2, 0.25) is 0 Å². The molecule has 0 aliphatic carbocycles. The van der Waals surface area contributed by atoms with Crippen LogP contribution in [0, 0.1) is 12.8 Å². The monoisotopic (exact) mass is 390 g/mol. The maximum absolute atomic E-state index is 12.0. The Hall–Kier alpha value is -3.21. The second-order valence-corrected chi connectivity index (χ2v) is 7.88. The van der Waals surface area contributed by atoms with Crippen molar-refractivity contribution >= 4 is 28.5 Å². The van der Waals surface area contributed by atoms with Crippen molar-refractivity contribution in [3.63, 3.8) is 0 Å². The molecule has 150 valence electrons. The highest BCUT2D eigenvalue weighted by Gasteiger charge is 2.24. The molecule has 0 aliphatic heterocycles. The summed E-state index contributed by atoms with van der Waals surface area (Å²) in [7, 11) is 1.54. The van der Waals surface area contributed by atoms with E-state index >= 15 is 0 Å². The maximum atomic E-state index is 12.0. The summed E-state index contributed by atoms with van der Waals surface area (Å²) >= 11 is 0. The molecule has 5 heteroatoms. The summed E-state index contributed by atoms with van der Waals surface area (Å²) in [6.07, 6.45) is -0.400. The topological polar surface area (TPSA) is 70.5 Å². The van der Waals surface area contributed by atoms with Crippen LogP contribution < -0.4 is 4.90 Å². The number of carboxylic acid groups (broad SMARTS) is 1. The lowest BCUT2D eigenvalue weighted by atomic mass is 9.93. The molecule has 0 aliphatic rings. The molecule has 29 heavy (non-hydrogen) atoms. The number of hydrogen-bond donors (Lipinski definition) is 1. The first-order valence-corrected chi connectivity index (χ1v) is 9.70. The van der Waals surface area contributed by atoms with Gasteiger partial charge in [0.15, 0.2) is 5.78 Å². The zero-order chi connectivity index (χ0) is 21.3. The minimum Gasteiger partial charge on any atom is -0.465 e. The van der Waals surface area contributed by atoms with Crippen LogP contribution >= 0.6 is 0 Å². The number of hydrogen-bond acceptors (Lipinski definition) is 3. The van der Waals surface area contributed by atoms with Gasteiger partial charge >= 0.3 is 6.09 Å². The molecule has 0 fully saturated rings. The normalized spacial score (nSPS) is 11.1. The Kier molecular flexibility index (Phi) is 5.69. The van der Waals surface area contributed by atoms with E-state index in [0.29, 0.717) is 23.6 Å². The van der Waals surface area contributed by atoms with Gasteiger partial charge in [0.05, 0.1) is 16.9 Å². The van der Waals surface area contributed by atoms with E-state index in [4.69, 9.17) is 4.98 Å². The molecule has 0 saturated heterocycles. The molecule has 3 rings (SSSR count). The van der Waals surface area contributed by atoms with Gasteiger partial charge in [-0.05, 0) is 49.9 Å². The number of pyridine rings is 1. The van der Waals surface area contributed by atoms with Crippen LogP contribution in [0.5, 0.6) is 0 Å². The lowest BCUT2D eigenvalue weighted by Crippen LogP contribution is -2.26. The molecular formula is C24H26N2O3. The van der Waals surface area contributed by atoms with Gasteiger partial charge in [0.25, 0.3) is 0 Å². The van der Waals surface area contributed by atoms with Crippen molar-refractivity contribution in [3.05, 3.63) is 59.3 Å². The summed E-state index contributed by atoms with van der Waals surface area (Å²) < 4.78 is 0. The summed E-state index contributed by atoms with van der Waals surface area (Å²) in [5.74, 6) is 0.268. The molecule has 1 amide bonds. The first-order chi connectivity index (χ1) is 13.7. The van der Waals surface area contributed by atoms with Crippen LogP contribution in [-0.4, -0.2) is 29.0 Å². The van der Waals surface area contributed by atoms with Gasteiger partial charge in [-0.3, -0.25) is 14.7 Å². The van der Waals surface area contributed by atoms with Crippen molar-refractivity contribution in [2.45, 2.75) is 34.1 Å². The van der Waals surface area contributed by atoms with Gasteiger partial charge in [-0.2, -0.15) is 0 Å². The zero-order valence-corrected chi connectivity index (χ0v) is 17.5. The zero-order valence-electron chi connectivity index (χ0n) is 17.5. The number of fused-ring (bicyclic) bond motifs is 1. The van der Waals surface area contributed by atoms with E-state index in [2.05, 4.69) is 13.8 Å². The Labute approximate surface area is 171 Å². The fraction of sp³-hybridized carbons (Fsp3) is 0.292. The van der Waals surface area contributed by atoms with E-state index in [1.165, 1.54) is 11.8 Å². The number of aromatic nitrogens is 1. The predicted octanol–water partition coefficient (Wildman–Crippen LogP) is 5.73. The number of carbonyl (C=O) groups excluding carboxylic acids is 1. The molecule has 1 heterocycles. The SMILES string of the molecule is CC(=O)c1ccc2nc(CC(C)C)c(N(C)C(=O)O)c(-c3ccc(C)cc3)c2c1. The van der Waals surface area contributed by atoms with Gasteiger partial charge in [0.1, 0.15) is 0 Å². The lowest BCUT2D eigenvalue weighted by molar-refractivity contribution is 0.101. The third-order valence-electron chi connectivity index (χ3n) is 5.00. The minimum atomic E-state index is -1.05. The van der Waals surface area contributed by atoms with E-state index < -0.39 is 6.09 Å². The molecule has 5 nitrogen and oxygen atoms in total. The Morgan fingerprint density at radius 1 is 1.10 bits per heavy atom. The van der Waals surface area contributed by atoms with Gasteiger partial charge in [-0.1, -0.05) is 43.7 Å². The first kappa shape index (κ1) is 20.5. The van der Waals surface area contributed by atoms with Crippen molar-refractivity contribution in [2.75, 3.05) is 11.9 Å². The molecule has 1 N–H and O–H groups in total. The van der Waals surface area contributed by atoms with Crippen molar-refractivity contribution < 1.29 is 14.7 Å². The van der Waals surface area contributed by atoms with Crippen LogP contribution in [0.2, 0.25) is 0 Å². The van der Waals surface area contributed by atoms with Gasteiger partial charge in [-0.25, -0.2) is 4.79 Å². The summed E-state index contributed by atoms with van der Waals surface area (Å²) in [6.45, 7) is 7.70. The lowest BCUT2D eigenvalue weighted by Gasteiger charge is -2.24. The highest BCUT2D eigenvalue weighted by molar-refractivity contribution is 6.08. The van der Waals surface area contributed by atoms with E-state index in [0.717, 1.165) is 33.3 Å². The standard InChI is InChI=1S/C24H26N2O3/c1-14(2)12-21-23(26(5)24(28)29)22(17-8-6-15(3)7-9-17)19-13-18(16(4)27)10-11-20(19)25-21/h6-11,13-14H,12H2,1-5H3,(H,28,29). The molecule has 2 aromatic carbocycles. The molecule has 0 radical (unpaired) electrons. The number of ketones is 1. The number of carbonyl (C=O) groups is 2. The van der Waals surface area contributed by atoms with Gasteiger partial charge in [-0.15, -0.1) is 0 Å². The van der Waals surface area contributed by atoms with Crippen molar-refractivity contribution in [2.24, 2.45) is 5.92 Å². The number of benzene rings is 2. The van der Waals surface area contributed by atoms with Crippen LogP contribution in [0.3, 0.4) is 0 Å². The average Bonchev–Trinajstić information content (AvgIpc) is 2.66. The number of rotatable bonds is 5. The smallest absolute Gasteiger partial charge is 0.411 e. The molecule has 0 saturated carbocycles. The first-order valence-electron chi connectivity index (χ1n) is 9.70. The van der Waals surface area contributed by atoms with Crippen molar-refractivity contribution in [1.29, 1.82) is 0 Å². The van der Waals surface area contributed by atoms with Gasteiger partial charge < -0.3 is 5.11 Å². The van der Waals surface area contributed by atoms with Gasteiger partial charge in [0, 0.05) is 23.6 Å². The summed E-state index contributed by atoms with van der Waals surface area (Å²) in [4.78, 5) is 30.0. The highest BCUT2D eigenvalue weighted by Crippen LogP contribution is 2.40. The fourth-order valence-electron chi connectivity index (χ4n) is 3.52. The maximum Gasteiger partial charge on any atom is 0.411 e. The number of Topliss-reactive ketones (excluding diaryl/α,β-unsaturated/α-hetero) is 1. The number of nitrogens with zero attached hydrogens (tertiary/aromatic N) is 2. The molecule has 0 bridgehead atoms. The summed E-state index contributed by atoms with van der Waals surface area (Å²) in [6, 6.07) is 13.4. The van der Waals surface area contributed by atoms with Crippen molar-refractivity contribution in [1.82, 2.24) is 4.98 Å². The van der Waals surface area contributed by atoms with E-state index in [1.807, 2.05) is 43.3 Å². The highest BCUT2D eigenvalue weighted by atomic mass is 16.4. The van der Waals surface area contributed by atoms with Crippen LogP contribution in [0.4, 0.5) is 10.5 Å². The molecule has 0 spiro atoms. The number of aryl methyl sites for hydroxylation is 1. The van der Waals surface area contributed by atoms with Crippen LogP contribution in [0.1, 0.15) is 42.4 Å². The second kappa shape index (κ2) is 8.03. The summed E-state index contributed by atoms with van der Waals surface area (Å²) in [5, 5.41) is 10.5. The van der Waals surface area contributed by atoms with Crippen LogP contribution in [-0.2, 0) is 6.42 Å². The van der Waals surface area contributed by atoms with Crippen LogP contribution in [0.15, 0.2) is 42.5 Å². The Bertz CT molecular complexity index is 1090. The third kappa shape index (κ3) is 4.14. The largest absolute Gasteiger partial charge is 0.465 e. The molecule has 3 aromatic rings. The Morgan fingerprint density at radius 2 is 1.76 bits per heavy atom. The van der Waals surface area contributed by atoms with E-state index in [1.54, 1.807) is 13.1 Å². The quantitative estimate of drug-likeness (QED) is 0.565. The summed E-state index contributed by atoms with van der Waals surface area (Å²) in [5.41, 5.74) is 5.45. The van der Waals surface area contributed by atoms with E-state index in [9.17, 15) is 14.7 Å². The van der Waals surface area contributed by atoms with Crippen molar-refractivity contribution in [3.8, 4) is 11.1 Å². The third-order valence-corrected chi connectivity index (χ3v) is 5.00. The number of amides is 1. The Morgan fingerprint density at radius 3 is 2.31 bits per heavy atom. The number of anilines is 1. The minimum absolute atomic E-state index is 0.0406. The molecule has 1 aromatic heterocycles. The van der Waals surface area contributed by atoms with Crippen LogP contribution in [0.25, 0.3) is 22.0 Å². The molecule has 0 unspecified atom stereocenters. The van der Waals surface area contributed by atoms with E-state index in [-0.39, 0.29) is 5.78 Å². The molecule has 0 atom stereocenters. The molecular weight excluding hydrogens is 364 g/mol. The fourth-order valence-corrected chi connectivity index (χ4v) is 3.52.